The van der Waals surface area contributed by atoms with Crippen LogP contribution in [0.15, 0.2) is 5.10 Å². The van der Waals surface area contributed by atoms with Gasteiger partial charge in [0.1, 0.15) is 5.84 Å². The first-order chi connectivity index (χ1) is 4.20. The maximum Gasteiger partial charge on any atom is 0.229 e. The Morgan fingerprint density at radius 3 is 2.89 bits per heavy atom. The molecule has 0 aliphatic rings. The molecule has 2 N–H and O–H groups in total. The summed E-state index contributed by atoms with van der Waals surface area (Å²) in [5, 5.41) is 4.59. The molecule has 0 aromatic rings. The van der Waals surface area contributed by atoms with Crippen LogP contribution in [0.3, 0.4) is 0 Å². The molecule has 9 heavy (non-hydrogen) atoms. The van der Waals surface area contributed by atoms with Crippen LogP contribution in [0.4, 0.5) is 0 Å². The Kier molecular flexibility index (Phi) is 3.79. The van der Waals surface area contributed by atoms with Gasteiger partial charge in [-0.05, 0) is 0 Å². The number of amidine groups is 1. The summed E-state index contributed by atoms with van der Waals surface area (Å²) >= 11 is 5.25. The number of rotatable bonds is 3. The number of carbonyl (C=O) groups excluding carboxylic acids is 1. The maximum absolute atomic E-state index is 9.88. The van der Waals surface area contributed by atoms with Crippen LogP contribution in [-0.4, -0.2) is 30.2 Å². The van der Waals surface area contributed by atoms with Crippen LogP contribution in [0.25, 0.3) is 0 Å². The average molecular weight is 150 g/mol. The summed E-state index contributed by atoms with van der Waals surface area (Å²) < 4.78 is 0. The molecule has 0 unspecified atom stereocenters. The van der Waals surface area contributed by atoms with Crippen LogP contribution >= 0.6 is 11.6 Å². The zero-order valence-electron chi connectivity index (χ0n) is 5.04. The maximum atomic E-state index is 9.88. The predicted molar refractivity (Wildman–Crippen MR) is 36.2 cm³/mol. The van der Waals surface area contributed by atoms with Crippen molar-refractivity contribution in [2.24, 2.45) is 10.8 Å². The van der Waals surface area contributed by atoms with E-state index in [9.17, 15) is 4.79 Å². The third kappa shape index (κ3) is 3.78. The molecule has 0 aliphatic heterocycles. The van der Waals surface area contributed by atoms with Gasteiger partial charge in [-0.25, -0.2) is 5.01 Å². The lowest BCUT2D eigenvalue weighted by Gasteiger charge is -2.01. The minimum Gasteiger partial charge on any atom is -0.385 e. The highest BCUT2D eigenvalue weighted by Crippen LogP contribution is 1.79. The summed E-state index contributed by atoms with van der Waals surface area (Å²) in [5.74, 6) is 0.365. The molecule has 0 aromatic heterocycles. The van der Waals surface area contributed by atoms with E-state index in [1.165, 1.54) is 7.05 Å². The van der Waals surface area contributed by atoms with E-state index < -0.39 is 0 Å². The van der Waals surface area contributed by atoms with Crippen molar-refractivity contribution in [1.82, 2.24) is 5.01 Å². The first-order valence-electron chi connectivity index (χ1n) is 2.27. The quantitative estimate of drug-likeness (QED) is 0.195. The van der Waals surface area contributed by atoms with E-state index in [0.717, 1.165) is 5.01 Å². The van der Waals surface area contributed by atoms with E-state index in [0.29, 0.717) is 6.41 Å². The Hall–Kier alpha value is -0.770. The number of nitrogens with two attached hydrogens (primary N) is 1. The van der Waals surface area contributed by atoms with Gasteiger partial charge in [-0.3, -0.25) is 4.79 Å². The highest BCUT2D eigenvalue weighted by atomic mass is 35.5. The highest BCUT2D eigenvalue weighted by molar-refractivity contribution is 6.27. The number of hydrogen-bond donors (Lipinski definition) is 1. The van der Waals surface area contributed by atoms with Crippen LogP contribution in [0, 0.1) is 0 Å². The van der Waals surface area contributed by atoms with E-state index >= 15 is 0 Å². The standard InChI is InChI=1S/C4H8ClN3O/c1-8(3-9)7-4(6)2-5/h3H,2H2,1H3,(H2,6,7). The molecule has 0 saturated heterocycles. The summed E-state index contributed by atoms with van der Waals surface area (Å²) in [6.07, 6.45) is 0.541. The molecule has 0 atom stereocenters. The van der Waals surface area contributed by atoms with Gasteiger partial charge in [-0.15, -0.1) is 11.6 Å². The molecule has 0 rings (SSSR count). The molecule has 52 valence electrons. The Balaban J connectivity index is 3.78. The number of amides is 1. The largest absolute Gasteiger partial charge is 0.385 e. The van der Waals surface area contributed by atoms with Crippen molar-refractivity contribution in [1.29, 1.82) is 0 Å². The Morgan fingerprint density at radius 2 is 2.56 bits per heavy atom. The van der Waals surface area contributed by atoms with Crippen molar-refractivity contribution in [2.75, 3.05) is 12.9 Å². The molecule has 0 aliphatic carbocycles. The van der Waals surface area contributed by atoms with Crippen molar-refractivity contribution in [3.8, 4) is 0 Å². The van der Waals surface area contributed by atoms with Gasteiger partial charge in [0.25, 0.3) is 0 Å². The van der Waals surface area contributed by atoms with Gasteiger partial charge in [0.05, 0.1) is 5.88 Å². The number of alkyl halides is 1. The lowest BCUT2D eigenvalue weighted by atomic mass is 10.7. The molecular formula is C4H8ClN3O. The first-order valence-corrected chi connectivity index (χ1v) is 2.81. The van der Waals surface area contributed by atoms with E-state index in [1.54, 1.807) is 0 Å². The number of nitrogens with zero attached hydrogens (tertiary/aromatic N) is 2. The van der Waals surface area contributed by atoms with Gasteiger partial charge in [-0.1, -0.05) is 0 Å². The zero-order valence-corrected chi connectivity index (χ0v) is 5.80. The molecule has 0 radical (unpaired) electrons. The number of carbonyl (C=O) groups is 1. The van der Waals surface area contributed by atoms with Gasteiger partial charge in [0.2, 0.25) is 6.41 Å². The topological polar surface area (TPSA) is 58.7 Å². The van der Waals surface area contributed by atoms with Gasteiger partial charge < -0.3 is 5.73 Å². The lowest BCUT2D eigenvalue weighted by molar-refractivity contribution is -0.117. The van der Waals surface area contributed by atoms with Crippen molar-refractivity contribution in [3.63, 3.8) is 0 Å². The number of halogens is 1. The SMILES string of the molecule is CN(C=O)/N=C(\N)CCl. The monoisotopic (exact) mass is 149 g/mol. The van der Waals surface area contributed by atoms with Crippen LogP contribution in [0.5, 0.6) is 0 Å². The lowest BCUT2D eigenvalue weighted by Crippen LogP contribution is -2.19. The number of hydrazone groups is 1. The third-order valence-corrected chi connectivity index (χ3v) is 0.849. The van der Waals surface area contributed by atoms with E-state index in [2.05, 4.69) is 5.10 Å². The minimum atomic E-state index is 0.137. The Bertz CT molecular complexity index is 125. The van der Waals surface area contributed by atoms with E-state index in [1.807, 2.05) is 0 Å². The minimum absolute atomic E-state index is 0.137. The van der Waals surface area contributed by atoms with Crippen LogP contribution in [-0.2, 0) is 4.79 Å². The molecule has 0 bridgehead atoms. The highest BCUT2D eigenvalue weighted by Gasteiger charge is 1.89. The molecule has 5 heteroatoms. The smallest absolute Gasteiger partial charge is 0.229 e. The average Bonchev–Trinajstić information content (AvgIpc) is 1.87. The zero-order chi connectivity index (χ0) is 7.28. The first kappa shape index (κ1) is 8.23. The van der Waals surface area contributed by atoms with Crippen LogP contribution in [0.1, 0.15) is 0 Å². The Labute approximate surface area is 58.3 Å². The molecule has 0 saturated carbocycles. The van der Waals surface area contributed by atoms with Crippen molar-refractivity contribution in [3.05, 3.63) is 0 Å². The fraction of sp³-hybridized carbons (Fsp3) is 0.500. The van der Waals surface area contributed by atoms with Crippen molar-refractivity contribution in [2.45, 2.75) is 0 Å². The molecule has 0 spiro atoms. The van der Waals surface area contributed by atoms with Crippen molar-refractivity contribution >= 4 is 23.8 Å². The second-order valence-corrected chi connectivity index (χ2v) is 1.67. The molecule has 0 aromatic carbocycles. The summed E-state index contributed by atoms with van der Waals surface area (Å²) in [7, 11) is 1.48. The van der Waals surface area contributed by atoms with Gasteiger partial charge in [0.15, 0.2) is 0 Å². The van der Waals surface area contributed by atoms with E-state index in [4.69, 9.17) is 17.3 Å². The molecular weight excluding hydrogens is 142 g/mol. The summed E-state index contributed by atoms with van der Waals surface area (Å²) in [5.41, 5.74) is 5.17. The predicted octanol–water partition coefficient (Wildman–Crippen LogP) is -0.414. The fourth-order valence-electron chi connectivity index (χ4n) is 0.253. The molecule has 1 amide bonds. The summed E-state index contributed by atoms with van der Waals surface area (Å²) in [6, 6.07) is 0. The van der Waals surface area contributed by atoms with E-state index in [-0.39, 0.29) is 11.7 Å². The van der Waals surface area contributed by atoms with Crippen LogP contribution < -0.4 is 5.73 Å². The van der Waals surface area contributed by atoms with Gasteiger partial charge in [-0.2, -0.15) is 5.10 Å². The second kappa shape index (κ2) is 4.14. The van der Waals surface area contributed by atoms with Crippen LogP contribution in [0.2, 0.25) is 0 Å². The summed E-state index contributed by atoms with van der Waals surface area (Å²) in [6.45, 7) is 0. The normalized spacial score (nSPS) is 11.1. The molecule has 0 heterocycles. The fourth-order valence-corrected chi connectivity index (χ4v) is 0.306. The van der Waals surface area contributed by atoms with Gasteiger partial charge in [0, 0.05) is 7.05 Å². The number of hydrogen-bond acceptors (Lipinski definition) is 2. The second-order valence-electron chi connectivity index (χ2n) is 1.40. The molecule has 4 nitrogen and oxygen atoms in total. The Morgan fingerprint density at radius 1 is 2.00 bits per heavy atom. The molecule has 0 fully saturated rings. The summed E-state index contributed by atoms with van der Waals surface area (Å²) in [4.78, 5) is 9.88. The third-order valence-electron chi connectivity index (χ3n) is 0.576. The van der Waals surface area contributed by atoms with Crippen molar-refractivity contribution < 1.29 is 4.79 Å². The van der Waals surface area contributed by atoms with Gasteiger partial charge >= 0.3 is 0 Å².